The van der Waals surface area contributed by atoms with Gasteiger partial charge in [0.1, 0.15) is 6.26 Å². The summed E-state index contributed by atoms with van der Waals surface area (Å²) in [6.07, 6.45) is -2.52. The number of halogens is 3. The van der Waals surface area contributed by atoms with E-state index in [2.05, 4.69) is 4.98 Å². The quantitative estimate of drug-likeness (QED) is 0.931. The lowest BCUT2D eigenvalue weighted by Gasteiger charge is -2.06. The second kappa shape index (κ2) is 5.05. The topological polar surface area (TPSA) is 52.0 Å². The van der Waals surface area contributed by atoms with Crippen molar-refractivity contribution in [2.24, 2.45) is 5.73 Å². The molecule has 6 heteroatoms. The fourth-order valence-electron chi connectivity index (χ4n) is 1.60. The highest BCUT2D eigenvalue weighted by atomic mass is 19.4. The molecule has 1 aromatic heterocycles. The van der Waals surface area contributed by atoms with Gasteiger partial charge in [-0.25, -0.2) is 4.98 Å². The molecule has 0 radical (unpaired) electrons. The third-order valence-corrected chi connectivity index (χ3v) is 2.67. The number of benzene rings is 1. The first kappa shape index (κ1) is 13.6. The van der Waals surface area contributed by atoms with Crippen molar-refractivity contribution in [3.63, 3.8) is 0 Å². The van der Waals surface area contributed by atoms with Crippen LogP contribution in [0.15, 0.2) is 34.9 Å². The second-order valence-corrected chi connectivity index (χ2v) is 4.33. The molecule has 0 bridgehead atoms. The first-order valence-electron chi connectivity index (χ1n) is 5.72. The number of nitrogens with zero attached hydrogens (tertiary/aromatic N) is 1. The summed E-state index contributed by atoms with van der Waals surface area (Å²) in [6.45, 7) is 1.78. The maximum Gasteiger partial charge on any atom is 0.416 e. The van der Waals surface area contributed by atoms with E-state index in [-0.39, 0.29) is 6.04 Å². The molecule has 102 valence electrons. The Balaban J connectivity index is 2.11. The molecule has 2 rings (SSSR count). The molecule has 1 heterocycles. The predicted octanol–water partition coefficient (Wildman–Crippen LogP) is 3.30. The minimum absolute atomic E-state index is 0.231. The Morgan fingerprint density at radius 2 is 1.89 bits per heavy atom. The highest BCUT2D eigenvalue weighted by molar-refractivity contribution is 5.26. The van der Waals surface area contributed by atoms with Crippen molar-refractivity contribution >= 4 is 0 Å². The van der Waals surface area contributed by atoms with Crippen LogP contribution in [0.4, 0.5) is 13.2 Å². The van der Waals surface area contributed by atoms with Crippen LogP contribution in [0.3, 0.4) is 0 Å². The Morgan fingerprint density at radius 1 is 1.26 bits per heavy atom. The molecule has 2 aromatic rings. The lowest BCUT2D eigenvalue weighted by molar-refractivity contribution is -0.137. The lowest BCUT2D eigenvalue weighted by atomic mass is 10.1. The van der Waals surface area contributed by atoms with Crippen molar-refractivity contribution in [2.75, 3.05) is 0 Å². The fraction of sp³-hybridized carbons (Fsp3) is 0.308. The third-order valence-electron chi connectivity index (χ3n) is 2.67. The maximum absolute atomic E-state index is 12.4. The van der Waals surface area contributed by atoms with Crippen LogP contribution in [0.2, 0.25) is 0 Å². The number of aromatic nitrogens is 1. The zero-order valence-electron chi connectivity index (χ0n) is 10.2. The third kappa shape index (κ3) is 3.35. The number of rotatable bonds is 3. The van der Waals surface area contributed by atoms with Crippen LogP contribution in [-0.2, 0) is 12.6 Å². The van der Waals surface area contributed by atoms with Gasteiger partial charge in [0.05, 0.1) is 11.3 Å². The Labute approximate surface area is 108 Å². The van der Waals surface area contributed by atoms with Crippen LogP contribution in [0.25, 0.3) is 0 Å². The van der Waals surface area contributed by atoms with Gasteiger partial charge < -0.3 is 10.2 Å². The zero-order chi connectivity index (χ0) is 14.0. The van der Waals surface area contributed by atoms with E-state index in [0.717, 1.165) is 12.1 Å². The van der Waals surface area contributed by atoms with Crippen molar-refractivity contribution in [1.82, 2.24) is 4.98 Å². The minimum atomic E-state index is -4.32. The van der Waals surface area contributed by atoms with Gasteiger partial charge in [-0.1, -0.05) is 12.1 Å². The van der Waals surface area contributed by atoms with Crippen molar-refractivity contribution in [1.29, 1.82) is 0 Å². The molecule has 0 aliphatic heterocycles. The van der Waals surface area contributed by atoms with E-state index >= 15 is 0 Å². The highest BCUT2D eigenvalue weighted by Crippen LogP contribution is 2.29. The van der Waals surface area contributed by atoms with Gasteiger partial charge >= 0.3 is 6.18 Å². The molecule has 0 saturated heterocycles. The van der Waals surface area contributed by atoms with Crippen LogP contribution < -0.4 is 5.73 Å². The molecular formula is C13H13F3N2O. The van der Waals surface area contributed by atoms with Crippen LogP contribution in [-0.4, -0.2) is 4.98 Å². The molecule has 1 aromatic carbocycles. The summed E-state index contributed by atoms with van der Waals surface area (Å²) < 4.78 is 42.4. The van der Waals surface area contributed by atoms with Gasteiger partial charge in [-0.05, 0) is 24.6 Å². The summed E-state index contributed by atoms with van der Waals surface area (Å²) >= 11 is 0. The summed E-state index contributed by atoms with van der Waals surface area (Å²) in [5, 5.41) is 0. The molecule has 0 fully saturated rings. The van der Waals surface area contributed by atoms with Gasteiger partial charge in [0.2, 0.25) is 0 Å². The summed E-state index contributed by atoms with van der Waals surface area (Å²) in [6, 6.07) is 4.69. The molecular weight excluding hydrogens is 257 g/mol. The molecule has 1 unspecified atom stereocenters. The molecule has 0 amide bonds. The zero-order valence-corrected chi connectivity index (χ0v) is 10.2. The summed E-state index contributed by atoms with van der Waals surface area (Å²) in [4.78, 5) is 4.16. The van der Waals surface area contributed by atoms with Gasteiger partial charge in [0, 0.05) is 12.5 Å². The van der Waals surface area contributed by atoms with Gasteiger partial charge in [-0.3, -0.25) is 0 Å². The molecule has 3 nitrogen and oxygen atoms in total. The Morgan fingerprint density at radius 3 is 2.37 bits per heavy atom. The van der Waals surface area contributed by atoms with Gasteiger partial charge in [0.25, 0.3) is 0 Å². The largest absolute Gasteiger partial charge is 0.448 e. The number of oxazole rings is 1. The van der Waals surface area contributed by atoms with Crippen molar-refractivity contribution in [3.8, 4) is 0 Å². The van der Waals surface area contributed by atoms with E-state index < -0.39 is 11.7 Å². The van der Waals surface area contributed by atoms with Crippen molar-refractivity contribution in [2.45, 2.75) is 25.6 Å². The standard InChI is InChI=1S/C13H13F3N2O/c1-8(17)11-7-19-12(18-11)6-9-2-4-10(5-3-9)13(14,15)16/h2-5,7-8H,6,17H2,1H3. The van der Waals surface area contributed by atoms with E-state index in [1.165, 1.54) is 18.4 Å². The van der Waals surface area contributed by atoms with E-state index in [1.807, 2.05) is 0 Å². The highest BCUT2D eigenvalue weighted by Gasteiger charge is 2.29. The van der Waals surface area contributed by atoms with Gasteiger partial charge in [-0.2, -0.15) is 13.2 Å². The number of nitrogens with two attached hydrogens (primary N) is 1. The van der Waals surface area contributed by atoms with E-state index in [0.29, 0.717) is 23.6 Å². The average Bonchev–Trinajstić information content (AvgIpc) is 2.77. The molecule has 2 N–H and O–H groups in total. The molecule has 0 aliphatic carbocycles. The number of alkyl halides is 3. The van der Waals surface area contributed by atoms with Gasteiger partial charge in [0.15, 0.2) is 5.89 Å². The molecule has 0 spiro atoms. The molecule has 1 atom stereocenters. The summed E-state index contributed by atoms with van der Waals surface area (Å²) in [5.74, 6) is 0.437. The summed E-state index contributed by atoms with van der Waals surface area (Å²) in [7, 11) is 0. The minimum Gasteiger partial charge on any atom is -0.448 e. The number of hydrogen-bond acceptors (Lipinski definition) is 3. The lowest BCUT2D eigenvalue weighted by Crippen LogP contribution is -2.05. The summed E-state index contributed by atoms with van der Waals surface area (Å²) in [5.41, 5.74) is 6.30. The molecule has 0 aliphatic rings. The molecule has 19 heavy (non-hydrogen) atoms. The predicted molar refractivity (Wildman–Crippen MR) is 63.4 cm³/mol. The molecule has 0 saturated carbocycles. The normalized spacial score (nSPS) is 13.5. The van der Waals surface area contributed by atoms with Crippen molar-refractivity contribution < 1.29 is 17.6 Å². The van der Waals surface area contributed by atoms with E-state index in [9.17, 15) is 13.2 Å². The van der Waals surface area contributed by atoms with Crippen molar-refractivity contribution in [3.05, 3.63) is 53.2 Å². The van der Waals surface area contributed by atoms with Gasteiger partial charge in [-0.15, -0.1) is 0 Å². The number of hydrogen-bond donors (Lipinski definition) is 1. The Kier molecular flexibility index (Phi) is 3.61. The Bertz CT molecular complexity index is 544. The second-order valence-electron chi connectivity index (χ2n) is 4.33. The monoisotopic (exact) mass is 270 g/mol. The SMILES string of the molecule is CC(N)c1coc(Cc2ccc(C(F)(F)F)cc2)n1. The average molecular weight is 270 g/mol. The smallest absolute Gasteiger partial charge is 0.416 e. The first-order chi connectivity index (χ1) is 8.86. The van der Waals surface area contributed by atoms with Crippen LogP contribution >= 0.6 is 0 Å². The van der Waals surface area contributed by atoms with E-state index in [4.69, 9.17) is 10.2 Å². The van der Waals surface area contributed by atoms with Crippen LogP contribution in [0.1, 0.15) is 35.7 Å². The first-order valence-corrected chi connectivity index (χ1v) is 5.72. The van der Waals surface area contributed by atoms with E-state index in [1.54, 1.807) is 6.92 Å². The fourth-order valence-corrected chi connectivity index (χ4v) is 1.60. The maximum atomic E-state index is 12.4. The van der Waals surface area contributed by atoms with Crippen LogP contribution in [0, 0.1) is 0 Å². The Hall–Kier alpha value is -1.82. The van der Waals surface area contributed by atoms with Crippen LogP contribution in [0.5, 0.6) is 0 Å².